The minimum absolute atomic E-state index is 0.0796. The third-order valence-electron chi connectivity index (χ3n) is 16.0. The van der Waals surface area contributed by atoms with E-state index in [4.69, 9.17) is 0 Å². The third kappa shape index (κ3) is 7.64. The Morgan fingerprint density at radius 3 is 1.51 bits per heavy atom. The van der Waals surface area contributed by atoms with Gasteiger partial charge in [-0.1, -0.05) is 196 Å². The van der Waals surface area contributed by atoms with Crippen molar-refractivity contribution < 1.29 is 0 Å². The van der Waals surface area contributed by atoms with Gasteiger partial charge in [-0.05, 0) is 197 Å². The number of aryl methyl sites for hydroxylation is 1. The first-order valence-electron chi connectivity index (χ1n) is 26.4. The lowest BCUT2D eigenvalue weighted by Crippen LogP contribution is -2.14. The molecule has 0 atom stereocenters. The first-order chi connectivity index (χ1) is 36.9. The van der Waals surface area contributed by atoms with Gasteiger partial charge in [-0.25, -0.2) is 0 Å². The summed E-state index contributed by atoms with van der Waals surface area (Å²) in [5.74, 6) is 0. The maximum Gasteiger partial charge on any atom is 0.0468 e. The van der Waals surface area contributed by atoms with Crippen LogP contribution in [-0.4, -0.2) is 0 Å². The van der Waals surface area contributed by atoms with E-state index in [1.54, 1.807) is 0 Å². The van der Waals surface area contributed by atoms with Crippen LogP contribution in [0.3, 0.4) is 0 Å². The summed E-state index contributed by atoms with van der Waals surface area (Å²) in [6.45, 7) is 4.73. The minimum Gasteiger partial charge on any atom is -0.310 e. The fraction of sp³-hybridized carbons (Fsp3) is 0.0685. The van der Waals surface area contributed by atoms with Crippen molar-refractivity contribution in [2.75, 3.05) is 9.80 Å². The van der Waals surface area contributed by atoms with Gasteiger partial charge in [-0.2, -0.15) is 0 Å². The average molecular weight is 959 g/mol. The van der Waals surface area contributed by atoms with E-state index in [9.17, 15) is 0 Å². The Bertz CT molecular complexity index is 4150. The molecule has 2 nitrogen and oxygen atoms in total. The van der Waals surface area contributed by atoms with Crippen LogP contribution in [0.15, 0.2) is 261 Å². The number of allylic oxidation sites excluding steroid dienone is 1. The van der Waals surface area contributed by atoms with Gasteiger partial charge in [-0.15, -0.1) is 0 Å². The molecule has 0 radical (unpaired) electrons. The smallest absolute Gasteiger partial charge is 0.0468 e. The summed E-state index contributed by atoms with van der Waals surface area (Å²) >= 11 is 0. The van der Waals surface area contributed by atoms with Crippen LogP contribution in [-0.2, 0) is 11.8 Å². The Morgan fingerprint density at radius 1 is 0.333 bits per heavy atom. The van der Waals surface area contributed by atoms with E-state index in [1.165, 1.54) is 99.1 Å². The molecule has 0 amide bonds. The Kier molecular flexibility index (Phi) is 10.7. The molecule has 14 rings (SSSR count). The van der Waals surface area contributed by atoms with E-state index in [0.717, 1.165) is 47.0 Å². The van der Waals surface area contributed by atoms with Crippen LogP contribution in [0.5, 0.6) is 0 Å². The van der Waals surface area contributed by atoms with Crippen molar-refractivity contribution in [1.29, 1.82) is 0 Å². The van der Waals surface area contributed by atoms with Gasteiger partial charge in [0.15, 0.2) is 0 Å². The van der Waals surface area contributed by atoms with Gasteiger partial charge in [0.1, 0.15) is 0 Å². The molecule has 2 aliphatic carbocycles. The van der Waals surface area contributed by atoms with E-state index in [-0.39, 0.29) is 5.41 Å². The summed E-state index contributed by atoms with van der Waals surface area (Å²) in [6, 6.07) is 94.8. The zero-order chi connectivity index (χ0) is 50.0. The van der Waals surface area contributed by atoms with E-state index >= 15 is 0 Å². The SMILES string of the molecule is CC1(C)c2ccccc2-c2ccc(-c3ccc(-c4c5ccc(N(c6ccccc6)c6ccc7c(c6)CCC=C7)cc5c(-c5ccc6ccccc6c5)c5ccc(N(c6ccccc6)c6ccccc6)cc45)cc3)cc21. The van der Waals surface area contributed by atoms with Crippen molar-refractivity contribution in [3.8, 4) is 44.5 Å². The Balaban J connectivity index is 1.03. The van der Waals surface area contributed by atoms with E-state index in [1.807, 2.05) is 0 Å². The number of para-hydroxylation sites is 3. The normalized spacial score (nSPS) is 13.1. The predicted molar refractivity (Wildman–Crippen MR) is 320 cm³/mol. The third-order valence-corrected chi connectivity index (χ3v) is 16.0. The highest BCUT2D eigenvalue weighted by Crippen LogP contribution is 2.51. The molecule has 2 heteroatoms. The number of hydrogen-bond donors (Lipinski definition) is 0. The molecule has 0 aliphatic heterocycles. The second kappa shape index (κ2) is 18.1. The molecule has 0 saturated heterocycles. The van der Waals surface area contributed by atoms with Crippen LogP contribution in [0.1, 0.15) is 42.5 Å². The highest BCUT2D eigenvalue weighted by molar-refractivity contribution is 6.23. The summed E-state index contributed by atoms with van der Waals surface area (Å²) in [6.07, 6.45) is 6.66. The number of fused-ring (bicyclic) bond motifs is 7. The number of anilines is 6. The fourth-order valence-corrected chi connectivity index (χ4v) is 12.3. The number of benzene rings is 12. The maximum absolute atomic E-state index is 2.46. The highest BCUT2D eigenvalue weighted by atomic mass is 15.1. The lowest BCUT2D eigenvalue weighted by Gasteiger charge is -2.28. The van der Waals surface area contributed by atoms with Gasteiger partial charge in [0.2, 0.25) is 0 Å². The Hall–Kier alpha value is -9.24. The average Bonchev–Trinajstić information content (AvgIpc) is 3.74. The van der Waals surface area contributed by atoms with E-state index in [0.29, 0.717) is 0 Å². The lowest BCUT2D eigenvalue weighted by molar-refractivity contribution is 0.660. The summed E-state index contributed by atoms with van der Waals surface area (Å²) in [5.41, 5.74) is 22.0. The molecule has 2 aliphatic rings. The molecule has 0 saturated carbocycles. The number of nitrogens with zero attached hydrogens (tertiary/aromatic N) is 2. The molecule has 0 heterocycles. The monoisotopic (exact) mass is 958 g/mol. The van der Waals surface area contributed by atoms with E-state index in [2.05, 4.69) is 291 Å². The number of hydrogen-bond acceptors (Lipinski definition) is 2. The molecule has 0 unspecified atom stereocenters. The number of rotatable bonds is 9. The highest BCUT2D eigenvalue weighted by Gasteiger charge is 2.35. The summed E-state index contributed by atoms with van der Waals surface area (Å²) in [7, 11) is 0. The molecule has 75 heavy (non-hydrogen) atoms. The maximum atomic E-state index is 2.46. The van der Waals surface area contributed by atoms with Crippen molar-refractivity contribution in [2.24, 2.45) is 0 Å². The molecule has 0 bridgehead atoms. The second-order valence-corrected chi connectivity index (χ2v) is 20.8. The summed E-state index contributed by atoms with van der Waals surface area (Å²) in [5, 5.41) is 7.24. The first-order valence-corrected chi connectivity index (χ1v) is 26.4. The second-order valence-electron chi connectivity index (χ2n) is 20.8. The van der Waals surface area contributed by atoms with Gasteiger partial charge in [0.25, 0.3) is 0 Å². The molecule has 356 valence electrons. The van der Waals surface area contributed by atoms with Crippen molar-refractivity contribution in [2.45, 2.75) is 32.1 Å². The van der Waals surface area contributed by atoms with Crippen LogP contribution in [0, 0.1) is 0 Å². The largest absolute Gasteiger partial charge is 0.310 e. The van der Waals surface area contributed by atoms with Crippen LogP contribution < -0.4 is 9.80 Å². The molecule has 12 aromatic rings. The summed E-state index contributed by atoms with van der Waals surface area (Å²) < 4.78 is 0. The van der Waals surface area contributed by atoms with Gasteiger partial charge >= 0.3 is 0 Å². The molecule has 0 N–H and O–H groups in total. The molecule has 0 fully saturated rings. The quantitative estimate of drug-likeness (QED) is 0.133. The Morgan fingerprint density at radius 2 is 0.840 bits per heavy atom. The van der Waals surface area contributed by atoms with Crippen molar-refractivity contribution in [1.82, 2.24) is 0 Å². The first kappa shape index (κ1) is 44.5. The van der Waals surface area contributed by atoms with Crippen molar-refractivity contribution >= 4 is 72.5 Å². The zero-order valence-corrected chi connectivity index (χ0v) is 42.2. The van der Waals surface area contributed by atoms with Gasteiger partial charge in [-0.3, -0.25) is 0 Å². The van der Waals surface area contributed by atoms with Crippen molar-refractivity contribution in [3.05, 3.63) is 283 Å². The van der Waals surface area contributed by atoms with E-state index < -0.39 is 0 Å². The molecule has 12 aromatic carbocycles. The Labute approximate surface area is 439 Å². The van der Waals surface area contributed by atoms with Crippen molar-refractivity contribution in [3.63, 3.8) is 0 Å². The topological polar surface area (TPSA) is 6.48 Å². The van der Waals surface area contributed by atoms with Gasteiger partial charge in [0.05, 0.1) is 0 Å². The predicted octanol–water partition coefficient (Wildman–Crippen LogP) is 20.4. The minimum atomic E-state index is -0.0796. The molecular formula is C73H54N2. The van der Waals surface area contributed by atoms with Crippen LogP contribution in [0.4, 0.5) is 34.1 Å². The van der Waals surface area contributed by atoms with Gasteiger partial charge in [0, 0.05) is 39.5 Å². The molecule has 0 aromatic heterocycles. The molecule has 0 spiro atoms. The summed E-state index contributed by atoms with van der Waals surface area (Å²) in [4.78, 5) is 4.83. The fourth-order valence-electron chi connectivity index (χ4n) is 12.3. The lowest BCUT2D eigenvalue weighted by atomic mass is 9.81. The standard InChI is InChI=1S/C73H54N2/c1-73(2)69-29-17-16-28-63(69)64-41-37-55(46-70(64)73)51-30-33-52(34-31-51)71-65-42-40-62(75(59-26-10-5-11-27-59)60-38-36-50-19-13-15-21-54(50)45-60)48-68(65)72(56-35-32-49-18-12-14-20-53(49)44-56)66-43-39-61(47-67(66)71)74(57-22-6-3-7-23-57)58-24-8-4-9-25-58/h3-14,16-20,22-48H,15,21H2,1-2H3. The molecular weight excluding hydrogens is 905 g/mol. The zero-order valence-electron chi connectivity index (χ0n) is 42.2. The van der Waals surface area contributed by atoms with Crippen LogP contribution >= 0.6 is 0 Å². The van der Waals surface area contributed by atoms with Crippen LogP contribution in [0.2, 0.25) is 0 Å². The van der Waals surface area contributed by atoms with Crippen LogP contribution in [0.25, 0.3) is 82.9 Å². The van der Waals surface area contributed by atoms with Gasteiger partial charge < -0.3 is 9.80 Å².